The van der Waals surface area contributed by atoms with E-state index >= 15 is 0 Å². The van der Waals surface area contributed by atoms with Crippen molar-refractivity contribution in [2.75, 3.05) is 6.61 Å². The van der Waals surface area contributed by atoms with Crippen molar-refractivity contribution in [1.82, 2.24) is 9.36 Å². The fraction of sp³-hybridized carbons (Fsp3) is 0.565. The Kier molecular flexibility index (Phi) is 6.03. The van der Waals surface area contributed by atoms with Gasteiger partial charge in [-0.2, -0.15) is 0 Å². The Bertz CT molecular complexity index is 956. The molecule has 0 aliphatic carbocycles. The van der Waals surface area contributed by atoms with Crippen LogP contribution < -0.4 is 10.3 Å². The van der Waals surface area contributed by atoms with Crippen LogP contribution in [0, 0.1) is 6.92 Å². The maximum absolute atomic E-state index is 13.6. The average molecular weight is 401 g/mol. The van der Waals surface area contributed by atoms with Crippen molar-refractivity contribution >= 4 is 5.97 Å². The largest absolute Gasteiger partial charge is 0.407 e. The summed E-state index contributed by atoms with van der Waals surface area (Å²) in [6, 6.07) is 4.25. The number of benzene rings is 1. The molecule has 1 aromatic carbocycles. The maximum atomic E-state index is 13.6. The Balaban J connectivity index is 2.36. The van der Waals surface area contributed by atoms with Crippen molar-refractivity contribution in [3.05, 3.63) is 39.2 Å². The lowest BCUT2D eigenvalue weighted by molar-refractivity contribution is -0.134. The summed E-state index contributed by atoms with van der Waals surface area (Å²) in [5.41, 5.74) is 4.19. The van der Waals surface area contributed by atoms with Gasteiger partial charge >= 0.3 is 5.97 Å². The van der Waals surface area contributed by atoms with E-state index in [0.717, 1.165) is 29.5 Å². The van der Waals surface area contributed by atoms with Gasteiger partial charge in [0, 0.05) is 6.42 Å². The lowest BCUT2D eigenvalue weighted by Crippen LogP contribution is -2.30. The molecule has 0 saturated carbocycles. The zero-order chi connectivity index (χ0) is 21.3. The van der Waals surface area contributed by atoms with Crippen LogP contribution in [0.3, 0.4) is 0 Å². The van der Waals surface area contributed by atoms with E-state index in [1.54, 1.807) is 16.3 Å². The number of hydrogen-bond acceptors (Lipinski definition) is 4. The van der Waals surface area contributed by atoms with E-state index in [1.165, 1.54) is 5.56 Å². The smallest absolute Gasteiger partial charge is 0.312 e. The molecule has 29 heavy (non-hydrogen) atoms. The molecule has 3 rings (SSSR count). The summed E-state index contributed by atoms with van der Waals surface area (Å²) in [5.74, 6) is -0.00740. The first-order valence-corrected chi connectivity index (χ1v) is 10.5. The van der Waals surface area contributed by atoms with Crippen LogP contribution in [0.4, 0.5) is 0 Å². The Hall–Kier alpha value is -2.34. The van der Waals surface area contributed by atoms with Crippen molar-refractivity contribution in [3.8, 4) is 17.0 Å². The second kappa shape index (κ2) is 8.19. The van der Waals surface area contributed by atoms with Crippen LogP contribution in [0.15, 0.2) is 16.9 Å². The van der Waals surface area contributed by atoms with Crippen molar-refractivity contribution in [1.29, 1.82) is 0 Å². The summed E-state index contributed by atoms with van der Waals surface area (Å²) in [5, 5.41) is 0. The summed E-state index contributed by atoms with van der Waals surface area (Å²) >= 11 is 0. The van der Waals surface area contributed by atoms with Gasteiger partial charge in [-0.15, -0.1) is 0 Å². The normalized spacial score (nSPS) is 15.7. The number of carbonyl (C=O) groups is 1. The van der Waals surface area contributed by atoms with Gasteiger partial charge < -0.3 is 9.47 Å². The fourth-order valence-electron chi connectivity index (χ4n) is 4.08. The van der Waals surface area contributed by atoms with Crippen molar-refractivity contribution < 1.29 is 14.3 Å². The molecule has 0 fully saturated rings. The van der Waals surface area contributed by atoms with Crippen molar-refractivity contribution in [2.45, 2.75) is 79.5 Å². The van der Waals surface area contributed by atoms with E-state index in [9.17, 15) is 9.59 Å². The van der Waals surface area contributed by atoms with Crippen molar-refractivity contribution in [3.63, 3.8) is 0 Å². The first kappa shape index (κ1) is 21.4. The van der Waals surface area contributed by atoms with E-state index in [1.807, 2.05) is 13.8 Å². The Labute approximate surface area is 172 Å². The average Bonchev–Trinajstić information content (AvgIpc) is 2.81. The zero-order valence-corrected chi connectivity index (χ0v) is 18.4. The molecule has 0 radical (unpaired) electrons. The minimum absolute atomic E-state index is 0.126. The summed E-state index contributed by atoms with van der Waals surface area (Å²) in [6.45, 7) is 13.3. The predicted molar refractivity (Wildman–Crippen MR) is 114 cm³/mol. The molecule has 0 amide bonds. The van der Waals surface area contributed by atoms with Crippen LogP contribution in [-0.4, -0.2) is 27.5 Å². The molecule has 1 aliphatic rings. The third kappa shape index (κ3) is 4.04. The van der Waals surface area contributed by atoms with Crippen molar-refractivity contribution in [2.24, 2.45) is 0 Å². The molecule has 1 aromatic heterocycles. The molecular formula is C23H32N2O4. The Morgan fingerprint density at radius 1 is 1.10 bits per heavy atom. The van der Waals surface area contributed by atoms with Crippen LogP contribution >= 0.6 is 0 Å². The summed E-state index contributed by atoms with van der Waals surface area (Å²) < 4.78 is 15.2. The summed E-state index contributed by atoms with van der Waals surface area (Å²) in [4.78, 5) is 25.9. The Morgan fingerprint density at radius 2 is 1.72 bits per heavy atom. The zero-order valence-electron chi connectivity index (χ0n) is 18.4. The highest BCUT2D eigenvalue weighted by Crippen LogP contribution is 2.36. The van der Waals surface area contributed by atoms with Crippen LogP contribution in [0.5, 0.6) is 5.88 Å². The van der Waals surface area contributed by atoms with Gasteiger partial charge in [-0.1, -0.05) is 38.5 Å². The predicted octanol–water partition coefficient (Wildman–Crippen LogP) is 3.87. The molecule has 6 nitrogen and oxygen atoms in total. The second-order valence-electron chi connectivity index (χ2n) is 8.27. The molecule has 2 aromatic rings. The third-order valence-corrected chi connectivity index (χ3v) is 5.47. The number of aromatic nitrogens is 2. The molecule has 0 N–H and O–H groups in total. The van der Waals surface area contributed by atoms with Crippen LogP contribution in [0.25, 0.3) is 11.1 Å². The quantitative estimate of drug-likeness (QED) is 0.715. The standard InChI is InChI=1S/C23H32N2O4/c1-7-16-12-15(4)13-17(8-2)19(16)20-21(27)24-10-11-28-23(5,6)14-25(24)22(20)29-18(26)9-3/h12-13H,7-11,14H2,1-6H3. The number of aryl methyl sites for hydroxylation is 3. The number of fused-ring (bicyclic) bond motifs is 1. The number of hydrogen-bond donors (Lipinski definition) is 0. The molecule has 0 unspecified atom stereocenters. The SMILES string of the molecule is CCC(=O)Oc1c(-c2c(CC)cc(C)cc2CC)c(=O)n2n1CC(C)(C)OCC2. The number of carbonyl (C=O) groups excluding carboxylic acids is 1. The number of esters is 1. The molecule has 158 valence electrons. The molecule has 1 aliphatic heterocycles. The Morgan fingerprint density at radius 3 is 2.28 bits per heavy atom. The van der Waals surface area contributed by atoms with Gasteiger partial charge in [0.05, 0.1) is 25.3 Å². The van der Waals surface area contributed by atoms with Gasteiger partial charge in [-0.05, 0) is 50.3 Å². The lowest BCUT2D eigenvalue weighted by atomic mass is 9.91. The number of rotatable bonds is 5. The van der Waals surface area contributed by atoms with Crippen LogP contribution in [0.1, 0.15) is 57.7 Å². The van der Waals surface area contributed by atoms with Gasteiger partial charge in [0.25, 0.3) is 5.56 Å². The van der Waals surface area contributed by atoms with E-state index in [4.69, 9.17) is 9.47 Å². The van der Waals surface area contributed by atoms with Gasteiger partial charge in [0.1, 0.15) is 5.56 Å². The molecule has 0 spiro atoms. The number of ether oxygens (including phenoxy) is 2. The summed E-state index contributed by atoms with van der Waals surface area (Å²) in [6.07, 6.45) is 1.84. The van der Waals surface area contributed by atoms with Gasteiger partial charge in [0.2, 0.25) is 5.88 Å². The van der Waals surface area contributed by atoms with Crippen LogP contribution in [-0.2, 0) is 35.5 Å². The molecule has 6 heteroatoms. The molecule has 0 bridgehead atoms. The minimum Gasteiger partial charge on any atom is -0.407 e. The molecule has 0 atom stereocenters. The van der Waals surface area contributed by atoms with E-state index in [0.29, 0.717) is 31.1 Å². The fourth-order valence-corrected chi connectivity index (χ4v) is 4.08. The van der Waals surface area contributed by atoms with E-state index in [2.05, 4.69) is 32.9 Å². The second-order valence-corrected chi connectivity index (χ2v) is 8.27. The third-order valence-electron chi connectivity index (χ3n) is 5.47. The minimum atomic E-state index is -0.469. The number of nitrogens with zero attached hydrogens (tertiary/aromatic N) is 2. The molecule has 0 saturated heterocycles. The molecular weight excluding hydrogens is 368 g/mol. The molecule has 2 heterocycles. The van der Waals surface area contributed by atoms with Crippen LogP contribution in [0.2, 0.25) is 0 Å². The highest BCUT2D eigenvalue weighted by Gasteiger charge is 2.33. The van der Waals surface area contributed by atoms with Gasteiger partial charge in [-0.3, -0.25) is 9.59 Å². The van der Waals surface area contributed by atoms with E-state index in [-0.39, 0.29) is 17.9 Å². The van der Waals surface area contributed by atoms with Gasteiger partial charge in [0.15, 0.2) is 0 Å². The highest BCUT2D eigenvalue weighted by molar-refractivity contribution is 5.79. The topological polar surface area (TPSA) is 62.5 Å². The summed E-state index contributed by atoms with van der Waals surface area (Å²) in [7, 11) is 0. The first-order valence-electron chi connectivity index (χ1n) is 10.5. The highest BCUT2D eigenvalue weighted by atomic mass is 16.5. The lowest BCUT2D eigenvalue weighted by Gasteiger charge is -2.24. The maximum Gasteiger partial charge on any atom is 0.312 e. The monoisotopic (exact) mass is 400 g/mol. The van der Waals surface area contributed by atoms with E-state index < -0.39 is 5.60 Å². The first-order chi connectivity index (χ1) is 13.7. The van der Waals surface area contributed by atoms with Gasteiger partial charge in [-0.25, -0.2) is 9.36 Å².